The number of hydrogen-bond acceptors (Lipinski definition) is 3. The molecule has 0 saturated heterocycles. The number of ether oxygens (including phenoxy) is 2. The van der Waals surface area contributed by atoms with Crippen LogP contribution in [0.1, 0.15) is 38.4 Å². The summed E-state index contributed by atoms with van der Waals surface area (Å²) in [6.07, 6.45) is 1.08. The van der Waals surface area contributed by atoms with Gasteiger partial charge in [0.2, 0.25) is 0 Å². The minimum absolute atomic E-state index is 0.147. The molecule has 0 N–H and O–H groups in total. The molecule has 0 aromatic heterocycles. The number of carbonyl (C=O) groups excluding carboxylic acids is 1. The van der Waals surface area contributed by atoms with E-state index in [9.17, 15) is 4.79 Å². The van der Waals surface area contributed by atoms with Gasteiger partial charge in [-0.3, -0.25) is 4.79 Å². The fourth-order valence-corrected chi connectivity index (χ4v) is 1.40. The quantitative estimate of drug-likeness (QED) is 0.718. The van der Waals surface area contributed by atoms with Gasteiger partial charge in [-0.1, -0.05) is 19.1 Å². The van der Waals surface area contributed by atoms with Crippen molar-refractivity contribution < 1.29 is 14.3 Å². The van der Waals surface area contributed by atoms with E-state index >= 15 is 0 Å². The van der Waals surface area contributed by atoms with Gasteiger partial charge in [0, 0.05) is 6.42 Å². The molecule has 0 aliphatic rings. The summed E-state index contributed by atoms with van der Waals surface area (Å²) in [5.74, 6) is 0.654. The number of benzene rings is 1. The van der Waals surface area contributed by atoms with Crippen LogP contribution in [0.15, 0.2) is 24.3 Å². The molecule has 0 bridgehead atoms. The number of hydrogen-bond donors (Lipinski definition) is 0. The Morgan fingerprint density at radius 1 is 1.31 bits per heavy atom. The molecule has 3 nitrogen and oxygen atoms in total. The maximum absolute atomic E-state index is 11.3. The van der Waals surface area contributed by atoms with Gasteiger partial charge in [-0.2, -0.15) is 0 Å². The van der Waals surface area contributed by atoms with Crippen LogP contribution in [0.3, 0.4) is 0 Å². The lowest BCUT2D eigenvalue weighted by Gasteiger charge is -2.13. The highest BCUT2D eigenvalue weighted by Gasteiger charge is 2.10. The maximum atomic E-state index is 11.3. The van der Waals surface area contributed by atoms with Crippen molar-refractivity contribution in [1.29, 1.82) is 0 Å². The molecule has 1 aromatic carbocycles. The SMILES string of the molecule is CCCC(=O)O[C@@H](C)c1ccc(OC)cc1. The standard InChI is InChI=1S/C13H18O3/c1-4-5-13(14)16-10(2)11-6-8-12(15-3)9-7-11/h6-10H,4-5H2,1-3H3/t10-/m0/s1. The van der Waals surface area contributed by atoms with Crippen LogP contribution in [0.5, 0.6) is 5.75 Å². The highest BCUT2D eigenvalue weighted by atomic mass is 16.5. The minimum atomic E-state index is -0.204. The Hall–Kier alpha value is -1.51. The zero-order chi connectivity index (χ0) is 12.0. The zero-order valence-corrected chi connectivity index (χ0v) is 10.0. The predicted octanol–water partition coefficient (Wildman–Crippen LogP) is 3.10. The third-order valence-corrected chi connectivity index (χ3v) is 2.35. The van der Waals surface area contributed by atoms with Crippen LogP contribution in [0.4, 0.5) is 0 Å². The molecule has 0 aliphatic heterocycles. The van der Waals surface area contributed by atoms with Crippen LogP contribution in [0.2, 0.25) is 0 Å². The molecule has 3 heteroatoms. The Kier molecular flexibility index (Phi) is 4.83. The van der Waals surface area contributed by atoms with Crippen LogP contribution in [0, 0.1) is 0 Å². The van der Waals surface area contributed by atoms with Gasteiger partial charge in [-0.05, 0) is 31.0 Å². The second-order valence-electron chi connectivity index (χ2n) is 3.66. The highest BCUT2D eigenvalue weighted by Crippen LogP contribution is 2.20. The van der Waals surface area contributed by atoms with Crippen molar-refractivity contribution in [3.05, 3.63) is 29.8 Å². The summed E-state index contributed by atoms with van der Waals surface area (Å²) in [6, 6.07) is 7.53. The van der Waals surface area contributed by atoms with E-state index in [4.69, 9.17) is 9.47 Å². The van der Waals surface area contributed by atoms with Gasteiger partial charge in [0.15, 0.2) is 0 Å². The number of carbonyl (C=O) groups is 1. The van der Waals surface area contributed by atoms with Crippen LogP contribution < -0.4 is 4.74 Å². The largest absolute Gasteiger partial charge is 0.497 e. The lowest BCUT2D eigenvalue weighted by molar-refractivity contribution is -0.148. The molecule has 0 heterocycles. The first-order valence-corrected chi connectivity index (χ1v) is 5.50. The summed E-state index contributed by atoms with van der Waals surface area (Å²) in [7, 11) is 1.62. The molecular formula is C13H18O3. The second kappa shape index (κ2) is 6.16. The molecule has 0 spiro atoms. The summed E-state index contributed by atoms with van der Waals surface area (Å²) in [6.45, 7) is 3.83. The van der Waals surface area contributed by atoms with Gasteiger partial charge in [0.05, 0.1) is 7.11 Å². The van der Waals surface area contributed by atoms with Crippen molar-refractivity contribution >= 4 is 5.97 Å². The first-order valence-electron chi connectivity index (χ1n) is 5.50. The van der Waals surface area contributed by atoms with E-state index < -0.39 is 0 Å². The fraction of sp³-hybridized carbons (Fsp3) is 0.462. The van der Waals surface area contributed by atoms with Gasteiger partial charge in [0.25, 0.3) is 0 Å². The topological polar surface area (TPSA) is 35.5 Å². The molecule has 0 fully saturated rings. The monoisotopic (exact) mass is 222 g/mol. The molecule has 88 valence electrons. The van der Waals surface area contributed by atoms with Gasteiger partial charge in [0.1, 0.15) is 11.9 Å². The Morgan fingerprint density at radius 3 is 2.44 bits per heavy atom. The molecule has 0 radical (unpaired) electrons. The molecule has 1 rings (SSSR count). The zero-order valence-electron chi connectivity index (χ0n) is 10.0. The van der Waals surface area contributed by atoms with E-state index in [2.05, 4.69) is 0 Å². The summed E-state index contributed by atoms with van der Waals surface area (Å²) in [5, 5.41) is 0. The molecule has 1 aromatic rings. The number of rotatable bonds is 5. The van der Waals surface area contributed by atoms with Crippen molar-refractivity contribution in [1.82, 2.24) is 0 Å². The van der Waals surface area contributed by atoms with Crippen molar-refractivity contribution in [3.8, 4) is 5.75 Å². The van der Waals surface area contributed by atoms with Gasteiger partial charge >= 0.3 is 5.97 Å². The Morgan fingerprint density at radius 2 is 1.94 bits per heavy atom. The highest BCUT2D eigenvalue weighted by molar-refractivity contribution is 5.69. The summed E-state index contributed by atoms with van der Waals surface area (Å²) >= 11 is 0. The van der Waals surface area contributed by atoms with Gasteiger partial charge in [-0.15, -0.1) is 0 Å². The number of esters is 1. The molecule has 16 heavy (non-hydrogen) atoms. The molecule has 0 unspecified atom stereocenters. The van der Waals surface area contributed by atoms with E-state index in [-0.39, 0.29) is 12.1 Å². The van der Waals surface area contributed by atoms with E-state index in [0.717, 1.165) is 17.7 Å². The van der Waals surface area contributed by atoms with Crippen molar-refractivity contribution in [2.24, 2.45) is 0 Å². The Labute approximate surface area is 96.4 Å². The maximum Gasteiger partial charge on any atom is 0.306 e. The molecular weight excluding hydrogens is 204 g/mol. The lowest BCUT2D eigenvalue weighted by Crippen LogP contribution is -2.08. The smallest absolute Gasteiger partial charge is 0.306 e. The van der Waals surface area contributed by atoms with Crippen LogP contribution in [0.25, 0.3) is 0 Å². The van der Waals surface area contributed by atoms with Crippen LogP contribution in [-0.2, 0) is 9.53 Å². The fourth-order valence-electron chi connectivity index (χ4n) is 1.40. The van der Waals surface area contributed by atoms with Crippen molar-refractivity contribution in [3.63, 3.8) is 0 Å². The van der Waals surface area contributed by atoms with Crippen molar-refractivity contribution in [2.75, 3.05) is 7.11 Å². The van der Waals surface area contributed by atoms with E-state index in [1.54, 1.807) is 7.11 Å². The predicted molar refractivity (Wildman–Crippen MR) is 62.4 cm³/mol. The van der Waals surface area contributed by atoms with E-state index in [0.29, 0.717) is 6.42 Å². The minimum Gasteiger partial charge on any atom is -0.497 e. The molecule has 0 saturated carbocycles. The van der Waals surface area contributed by atoms with Crippen LogP contribution >= 0.6 is 0 Å². The lowest BCUT2D eigenvalue weighted by atomic mass is 10.1. The first kappa shape index (κ1) is 12.6. The third kappa shape index (κ3) is 3.57. The van der Waals surface area contributed by atoms with E-state index in [1.807, 2.05) is 38.1 Å². The average Bonchev–Trinajstić information content (AvgIpc) is 2.29. The second-order valence-corrected chi connectivity index (χ2v) is 3.66. The Bertz CT molecular complexity index is 330. The normalized spacial score (nSPS) is 11.9. The van der Waals surface area contributed by atoms with Crippen LogP contribution in [-0.4, -0.2) is 13.1 Å². The van der Waals surface area contributed by atoms with Gasteiger partial charge < -0.3 is 9.47 Å². The summed E-state index contributed by atoms with van der Waals surface area (Å²) < 4.78 is 10.3. The first-order chi connectivity index (χ1) is 7.67. The Balaban J connectivity index is 2.58. The number of methoxy groups -OCH3 is 1. The average molecular weight is 222 g/mol. The molecule has 0 aliphatic carbocycles. The molecule has 0 amide bonds. The summed E-state index contributed by atoms with van der Waals surface area (Å²) in [5.41, 5.74) is 0.977. The third-order valence-electron chi connectivity index (χ3n) is 2.35. The van der Waals surface area contributed by atoms with E-state index in [1.165, 1.54) is 0 Å². The summed E-state index contributed by atoms with van der Waals surface area (Å²) in [4.78, 5) is 11.3. The molecule has 1 atom stereocenters. The van der Waals surface area contributed by atoms with Gasteiger partial charge in [-0.25, -0.2) is 0 Å². The van der Waals surface area contributed by atoms with Crippen molar-refractivity contribution in [2.45, 2.75) is 32.8 Å².